The van der Waals surface area contributed by atoms with E-state index in [0.29, 0.717) is 0 Å². The van der Waals surface area contributed by atoms with Crippen LogP contribution in [0.25, 0.3) is 0 Å². The number of rotatable bonds is 3. The van der Waals surface area contributed by atoms with Gasteiger partial charge in [-0.2, -0.15) is 0 Å². The molecule has 52 valence electrons. The normalized spacial score (nSPS) is 12.7. The van der Waals surface area contributed by atoms with E-state index in [-0.39, 0.29) is 5.57 Å². The Morgan fingerprint density at radius 3 is 2.44 bits per heavy atom. The average molecular weight is 131 g/mol. The van der Waals surface area contributed by atoms with Gasteiger partial charge >= 0.3 is 0 Å². The van der Waals surface area contributed by atoms with Crippen LogP contribution in [0, 0.1) is 0 Å². The van der Waals surface area contributed by atoms with Gasteiger partial charge in [0.2, 0.25) is 5.91 Å². The first-order chi connectivity index (χ1) is 4.09. The Bertz CT molecular complexity index is 132. The van der Waals surface area contributed by atoms with Crippen molar-refractivity contribution in [3.8, 4) is 0 Å². The van der Waals surface area contributed by atoms with Gasteiger partial charge in [0.05, 0.1) is 0 Å². The lowest BCUT2D eigenvalue weighted by Gasteiger charge is -2.05. The van der Waals surface area contributed by atoms with Crippen molar-refractivity contribution >= 4 is 5.91 Å². The molecule has 0 fully saturated rings. The molecule has 1 atom stereocenters. The van der Waals surface area contributed by atoms with E-state index in [1.807, 2.05) is 0 Å². The third-order valence-corrected chi connectivity index (χ3v) is 0.965. The van der Waals surface area contributed by atoms with Gasteiger partial charge in [-0.1, -0.05) is 6.58 Å². The molecule has 0 aromatic carbocycles. The predicted molar refractivity (Wildman–Crippen MR) is 31.5 cm³/mol. The number of amides is 1. The molecule has 1 unspecified atom stereocenters. The largest absolute Gasteiger partial charge is 0.366 e. The van der Waals surface area contributed by atoms with Gasteiger partial charge in [0, 0.05) is 5.57 Å². The summed E-state index contributed by atoms with van der Waals surface area (Å²) in [4.78, 5) is 14.0. The first-order valence-electron chi connectivity index (χ1n) is 2.38. The van der Waals surface area contributed by atoms with E-state index in [9.17, 15) is 4.79 Å². The Kier molecular flexibility index (Phi) is 2.90. The van der Waals surface area contributed by atoms with Gasteiger partial charge in [-0.3, -0.25) is 10.1 Å². The SMILES string of the molecule is C=C(C(N)=O)C(C)OO. The minimum atomic E-state index is -0.720. The van der Waals surface area contributed by atoms with Crippen LogP contribution < -0.4 is 5.73 Å². The van der Waals surface area contributed by atoms with E-state index in [1.54, 1.807) is 0 Å². The van der Waals surface area contributed by atoms with Crippen LogP contribution in [0.15, 0.2) is 12.2 Å². The first-order valence-corrected chi connectivity index (χ1v) is 2.38. The fourth-order valence-corrected chi connectivity index (χ4v) is 0.264. The molecule has 0 saturated heterocycles. The molecule has 0 aliphatic carbocycles. The molecule has 9 heavy (non-hydrogen) atoms. The van der Waals surface area contributed by atoms with Crippen molar-refractivity contribution in [2.75, 3.05) is 0 Å². The van der Waals surface area contributed by atoms with E-state index in [0.717, 1.165) is 0 Å². The summed E-state index contributed by atoms with van der Waals surface area (Å²) in [6.07, 6.45) is -0.720. The minimum absolute atomic E-state index is 0.0532. The van der Waals surface area contributed by atoms with E-state index in [2.05, 4.69) is 11.5 Å². The standard InChI is InChI=1S/C5H9NO3/c1-3(5(6)7)4(2)9-8/h4,8H,1H2,2H3,(H2,6,7). The third-order valence-electron chi connectivity index (χ3n) is 0.965. The highest BCUT2D eigenvalue weighted by Gasteiger charge is 2.10. The molecule has 0 rings (SSSR count). The smallest absolute Gasteiger partial charge is 0.246 e. The maximum absolute atomic E-state index is 10.2. The topological polar surface area (TPSA) is 72.6 Å². The van der Waals surface area contributed by atoms with E-state index in [4.69, 9.17) is 11.0 Å². The Labute approximate surface area is 52.8 Å². The summed E-state index contributed by atoms with van der Waals surface area (Å²) in [5.74, 6) is -0.670. The van der Waals surface area contributed by atoms with Gasteiger partial charge in [-0.15, -0.1) is 0 Å². The molecule has 4 nitrogen and oxygen atoms in total. The average Bonchev–Trinajstić information content (AvgIpc) is 1.84. The van der Waals surface area contributed by atoms with Crippen LogP contribution in [0.1, 0.15) is 6.92 Å². The second-order valence-corrected chi connectivity index (χ2v) is 1.64. The van der Waals surface area contributed by atoms with Crippen LogP contribution in [0.5, 0.6) is 0 Å². The minimum Gasteiger partial charge on any atom is -0.366 e. The fraction of sp³-hybridized carbons (Fsp3) is 0.400. The molecule has 1 amide bonds. The summed E-state index contributed by atoms with van der Waals surface area (Å²) in [5.41, 5.74) is 4.84. The Hall–Kier alpha value is -0.870. The first kappa shape index (κ1) is 8.13. The third kappa shape index (κ3) is 2.25. The summed E-state index contributed by atoms with van der Waals surface area (Å²) < 4.78 is 0. The maximum Gasteiger partial charge on any atom is 0.246 e. The molecule has 0 aromatic heterocycles. The van der Waals surface area contributed by atoms with Crippen molar-refractivity contribution in [2.45, 2.75) is 13.0 Å². The highest BCUT2D eigenvalue weighted by molar-refractivity contribution is 5.92. The summed E-state index contributed by atoms with van der Waals surface area (Å²) in [6, 6.07) is 0. The molecule has 0 heterocycles. The van der Waals surface area contributed by atoms with Crippen LogP contribution in [0.4, 0.5) is 0 Å². The number of nitrogens with two attached hydrogens (primary N) is 1. The molecule has 0 spiro atoms. The van der Waals surface area contributed by atoms with Gasteiger partial charge in [0.1, 0.15) is 6.10 Å². The van der Waals surface area contributed by atoms with Gasteiger partial charge in [0.15, 0.2) is 0 Å². The van der Waals surface area contributed by atoms with Gasteiger partial charge in [-0.05, 0) is 6.92 Å². The molecule has 3 N–H and O–H groups in total. The van der Waals surface area contributed by atoms with Crippen molar-refractivity contribution in [1.29, 1.82) is 0 Å². The zero-order valence-electron chi connectivity index (χ0n) is 5.13. The molecule has 0 bridgehead atoms. The van der Waals surface area contributed by atoms with Gasteiger partial charge in [0.25, 0.3) is 0 Å². The van der Waals surface area contributed by atoms with Gasteiger partial charge in [-0.25, -0.2) is 4.89 Å². The Morgan fingerprint density at radius 2 is 2.33 bits per heavy atom. The lowest BCUT2D eigenvalue weighted by molar-refractivity contribution is -0.263. The number of hydrogen-bond donors (Lipinski definition) is 2. The summed E-state index contributed by atoms with van der Waals surface area (Å²) >= 11 is 0. The second-order valence-electron chi connectivity index (χ2n) is 1.64. The van der Waals surface area contributed by atoms with Crippen molar-refractivity contribution in [3.63, 3.8) is 0 Å². The zero-order valence-corrected chi connectivity index (χ0v) is 5.13. The Morgan fingerprint density at radius 1 is 1.89 bits per heavy atom. The lowest BCUT2D eigenvalue weighted by atomic mass is 10.2. The summed E-state index contributed by atoms with van der Waals surface area (Å²) in [6.45, 7) is 4.73. The van der Waals surface area contributed by atoms with Gasteiger partial charge < -0.3 is 5.73 Å². The van der Waals surface area contributed by atoms with Crippen molar-refractivity contribution in [3.05, 3.63) is 12.2 Å². The summed E-state index contributed by atoms with van der Waals surface area (Å²) in [7, 11) is 0. The summed E-state index contributed by atoms with van der Waals surface area (Å²) in [5, 5.41) is 7.99. The molecule has 0 saturated carbocycles. The van der Waals surface area contributed by atoms with Crippen molar-refractivity contribution < 1.29 is 14.9 Å². The number of hydrogen-bond acceptors (Lipinski definition) is 3. The van der Waals surface area contributed by atoms with Crippen LogP contribution in [-0.4, -0.2) is 17.3 Å². The molecule has 0 aromatic rings. The second kappa shape index (κ2) is 3.21. The fourth-order valence-electron chi connectivity index (χ4n) is 0.264. The molecular weight excluding hydrogens is 122 g/mol. The van der Waals surface area contributed by atoms with Crippen LogP contribution >= 0.6 is 0 Å². The van der Waals surface area contributed by atoms with E-state index >= 15 is 0 Å². The molecule has 0 aliphatic rings. The lowest BCUT2D eigenvalue weighted by Crippen LogP contribution is -2.22. The maximum atomic E-state index is 10.2. The zero-order chi connectivity index (χ0) is 7.44. The van der Waals surface area contributed by atoms with E-state index < -0.39 is 12.0 Å². The van der Waals surface area contributed by atoms with Crippen molar-refractivity contribution in [2.24, 2.45) is 5.73 Å². The number of primary amides is 1. The van der Waals surface area contributed by atoms with Crippen LogP contribution in [0.3, 0.4) is 0 Å². The highest BCUT2D eigenvalue weighted by Crippen LogP contribution is 1.99. The van der Waals surface area contributed by atoms with E-state index in [1.165, 1.54) is 6.92 Å². The predicted octanol–water partition coefficient (Wildman–Crippen LogP) is -0.0940. The van der Waals surface area contributed by atoms with Crippen LogP contribution in [-0.2, 0) is 9.68 Å². The quantitative estimate of drug-likeness (QED) is 0.319. The molecule has 0 radical (unpaired) electrons. The Balaban J connectivity index is 3.88. The highest BCUT2D eigenvalue weighted by atomic mass is 17.1. The monoisotopic (exact) mass is 131 g/mol. The van der Waals surface area contributed by atoms with Crippen LogP contribution in [0.2, 0.25) is 0 Å². The molecule has 0 aliphatic heterocycles. The number of carbonyl (C=O) groups excluding carboxylic acids is 1. The van der Waals surface area contributed by atoms with Crippen molar-refractivity contribution in [1.82, 2.24) is 0 Å². The molecular formula is C5H9NO3. The molecule has 4 heteroatoms. The number of carbonyl (C=O) groups is 1.